The van der Waals surface area contributed by atoms with Crippen LogP contribution in [0, 0.1) is 5.92 Å². The molecule has 0 bridgehead atoms. The first-order chi connectivity index (χ1) is 8.58. The van der Waals surface area contributed by atoms with E-state index in [1.165, 1.54) is 0 Å². The second-order valence-electron chi connectivity index (χ2n) is 3.59. The summed E-state index contributed by atoms with van der Waals surface area (Å²) in [6.45, 7) is 3.66. The van der Waals surface area contributed by atoms with Crippen LogP contribution in [0.2, 0.25) is 5.02 Å². The molecule has 1 unspecified atom stereocenters. The smallest absolute Gasteiger partial charge is 0.325 e. The van der Waals surface area contributed by atoms with E-state index in [1.54, 1.807) is 38.1 Å². The number of hydrogen-bond acceptors (Lipinski definition) is 4. The second-order valence-corrected chi connectivity index (χ2v) is 4.02. The van der Waals surface area contributed by atoms with Crippen LogP contribution < -0.4 is 4.74 Å². The van der Waals surface area contributed by atoms with Crippen LogP contribution in [0.25, 0.3) is 0 Å². The van der Waals surface area contributed by atoms with E-state index in [4.69, 9.17) is 21.1 Å². The Balaban J connectivity index is 2.67. The predicted octanol–water partition coefficient (Wildman–Crippen LogP) is 2.83. The molecule has 1 aromatic carbocycles. The topological polar surface area (TPSA) is 52.6 Å². The fraction of sp³-hybridized carbons (Fsp3) is 0.385. The summed E-state index contributed by atoms with van der Waals surface area (Å²) in [7, 11) is 0. The van der Waals surface area contributed by atoms with Crippen molar-refractivity contribution in [3.05, 3.63) is 29.3 Å². The minimum atomic E-state index is -0.888. The summed E-state index contributed by atoms with van der Waals surface area (Å²) in [5, 5.41) is 0.548. The average Bonchev–Trinajstić information content (AvgIpc) is 2.33. The van der Waals surface area contributed by atoms with Crippen molar-refractivity contribution in [1.29, 1.82) is 0 Å². The van der Waals surface area contributed by atoms with Crippen LogP contribution in [-0.2, 0) is 14.3 Å². The molecule has 4 nitrogen and oxygen atoms in total. The van der Waals surface area contributed by atoms with Gasteiger partial charge in [-0.2, -0.15) is 0 Å². The molecule has 98 valence electrons. The van der Waals surface area contributed by atoms with Gasteiger partial charge in [0.15, 0.2) is 5.92 Å². The Morgan fingerprint density at radius 2 is 1.78 bits per heavy atom. The highest BCUT2D eigenvalue weighted by Crippen LogP contribution is 2.18. The molecule has 0 heterocycles. The largest absolute Gasteiger partial charge is 0.465 e. The highest BCUT2D eigenvalue weighted by molar-refractivity contribution is 6.30. The zero-order valence-electron chi connectivity index (χ0n) is 10.3. The van der Waals surface area contributed by atoms with E-state index >= 15 is 0 Å². The van der Waals surface area contributed by atoms with Crippen molar-refractivity contribution in [2.24, 2.45) is 5.92 Å². The summed E-state index contributed by atoms with van der Waals surface area (Å²) in [4.78, 5) is 23.3. The number of benzene rings is 1. The lowest BCUT2D eigenvalue weighted by atomic mass is 10.1. The van der Waals surface area contributed by atoms with Crippen molar-refractivity contribution in [2.75, 3.05) is 6.61 Å². The van der Waals surface area contributed by atoms with Crippen LogP contribution in [0.15, 0.2) is 24.3 Å². The third kappa shape index (κ3) is 4.04. The predicted molar refractivity (Wildman–Crippen MR) is 67.5 cm³/mol. The molecule has 0 N–H and O–H groups in total. The van der Waals surface area contributed by atoms with Crippen molar-refractivity contribution in [2.45, 2.75) is 20.3 Å². The third-order valence-electron chi connectivity index (χ3n) is 2.30. The van der Waals surface area contributed by atoms with E-state index in [0.29, 0.717) is 17.2 Å². The fourth-order valence-corrected chi connectivity index (χ4v) is 1.49. The van der Waals surface area contributed by atoms with Gasteiger partial charge < -0.3 is 9.47 Å². The van der Waals surface area contributed by atoms with E-state index in [9.17, 15) is 9.59 Å². The van der Waals surface area contributed by atoms with E-state index in [1.807, 2.05) is 0 Å². The zero-order valence-corrected chi connectivity index (χ0v) is 11.1. The Morgan fingerprint density at radius 3 is 2.28 bits per heavy atom. The maximum absolute atomic E-state index is 11.8. The minimum absolute atomic E-state index is 0.240. The maximum Gasteiger partial charge on any atom is 0.325 e. The molecule has 5 heteroatoms. The van der Waals surface area contributed by atoms with Crippen LogP contribution in [0.3, 0.4) is 0 Å². The van der Waals surface area contributed by atoms with Gasteiger partial charge in [-0.25, -0.2) is 0 Å². The molecule has 0 fully saturated rings. The second kappa shape index (κ2) is 7.01. The number of carbonyl (C=O) groups is 2. The number of esters is 2. The molecule has 0 amide bonds. The van der Waals surface area contributed by atoms with E-state index in [-0.39, 0.29) is 6.61 Å². The molecule has 0 saturated heterocycles. The van der Waals surface area contributed by atoms with Crippen molar-refractivity contribution >= 4 is 23.5 Å². The van der Waals surface area contributed by atoms with Crippen molar-refractivity contribution < 1.29 is 19.1 Å². The van der Waals surface area contributed by atoms with Crippen LogP contribution in [0.1, 0.15) is 20.3 Å². The number of rotatable bonds is 5. The summed E-state index contributed by atoms with van der Waals surface area (Å²) in [5.41, 5.74) is 0. The Labute approximate surface area is 111 Å². The summed E-state index contributed by atoms with van der Waals surface area (Å²) in [5.74, 6) is -1.70. The fourth-order valence-electron chi connectivity index (χ4n) is 1.36. The van der Waals surface area contributed by atoms with E-state index < -0.39 is 17.9 Å². The Bertz CT molecular complexity index is 414. The number of carbonyl (C=O) groups excluding carboxylic acids is 2. The SMILES string of the molecule is CCOC(=O)C(CC)C(=O)Oc1ccc(Cl)cc1. The monoisotopic (exact) mass is 270 g/mol. The highest BCUT2D eigenvalue weighted by atomic mass is 35.5. The lowest BCUT2D eigenvalue weighted by Gasteiger charge is -2.12. The van der Waals surface area contributed by atoms with Gasteiger partial charge in [-0.3, -0.25) is 9.59 Å². The molecular weight excluding hydrogens is 256 g/mol. The summed E-state index contributed by atoms with van der Waals surface area (Å²) in [6.07, 6.45) is 0.339. The van der Waals surface area contributed by atoms with E-state index in [0.717, 1.165) is 0 Å². The number of halogens is 1. The number of hydrogen-bond donors (Lipinski definition) is 0. The average molecular weight is 271 g/mol. The molecule has 0 aliphatic heterocycles. The molecule has 1 aromatic rings. The van der Waals surface area contributed by atoms with Gasteiger partial charge in [0, 0.05) is 5.02 Å². The van der Waals surface area contributed by atoms with Gasteiger partial charge in [-0.1, -0.05) is 18.5 Å². The lowest BCUT2D eigenvalue weighted by Crippen LogP contribution is -2.29. The Morgan fingerprint density at radius 1 is 1.17 bits per heavy atom. The summed E-state index contributed by atoms with van der Waals surface area (Å²) < 4.78 is 9.90. The van der Waals surface area contributed by atoms with Crippen LogP contribution in [0.4, 0.5) is 0 Å². The maximum atomic E-state index is 11.8. The third-order valence-corrected chi connectivity index (χ3v) is 2.55. The lowest BCUT2D eigenvalue weighted by molar-refractivity contribution is -0.157. The van der Waals surface area contributed by atoms with Gasteiger partial charge in [0.2, 0.25) is 0 Å². The first kappa shape index (κ1) is 14.5. The molecule has 0 radical (unpaired) electrons. The highest BCUT2D eigenvalue weighted by Gasteiger charge is 2.28. The van der Waals surface area contributed by atoms with Crippen molar-refractivity contribution in [3.63, 3.8) is 0 Å². The number of ether oxygens (including phenoxy) is 2. The molecule has 0 aliphatic carbocycles. The van der Waals surface area contributed by atoms with Crippen LogP contribution in [0.5, 0.6) is 5.75 Å². The standard InChI is InChI=1S/C13H15ClO4/c1-3-11(12(15)17-4-2)13(16)18-10-7-5-9(14)6-8-10/h5-8,11H,3-4H2,1-2H3. The normalized spacial score (nSPS) is 11.7. The molecule has 0 aliphatic rings. The molecule has 0 spiro atoms. The molecule has 0 saturated carbocycles. The van der Waals surface area contributed by atoms with Gasteiger partial charge >= 0.3 is 11.9 Å². The molecule has 18 heavy (non-hydrogen) atoms. The first-order valence-corrected chi connectivity index (χ1v) is 6.10. The van der Waals surface area contributed by atoms with Crippen molar-refractivity contribution in [1.82, 2.24) is 0 Å². The molecule has 1 rings (SSSR count). The van der Waals surface area contributed by atoms with Gasteiger partial charge in [-0.15, -0.1) is 0 Å². The summed E-state index contributed by atoms with van der Waals surface area (Å²) in [6, 6.07) is 6.35. The quantitative estimate of drug-likeness (QED) is 0.469. The Kier molecular flexibility index (Phi) is 5.65. The van der Waals surface area contributed by atoms with Gasteiger partial charge in [0.1, 0.15) is 5.75 Å². The van der Waals surface area contributed by atoms with Crippen LogP contribution in [-0.4, -0.2) is 18.5 Å². The molecule has 0 aromatic heterocycles. The molecular formula is C13H15ClO4. The van der Waals surface area contributed by atoms with Crippen LogP contribution >= 0.6 is 11.6 Å². The molecule has 1 atom stereocenters. The summed E-state index contributed by atoms with van der Waals surface area (Å²) >= 11 is 5.72. The van der Waals surface area contributed by atoms with Gasteiger partial charge in [0.05, 0.1) is 6.61 Å². The van der Waals surface area contributed by atoms with E-state index in [2.05, 4.69) is 0 Å². The first-order valence-electron chi connectivity index (χ1n) is 5.72. The zero-order chi connectivity index (χ0) is 13.5. The Hall–Kier alpha value is -1.55. The minimum Gasteiger partial charge on any atom is -0.465 e. The van der Waals surface area contributed by atoms with Gasteiger partial charge in [-0.05, 0) is 37.6 Å². The van der Waals surface area contributed by atoms with Gasteiger partial charge in [0.25, 0.3) is 0 Å². The van der Waals surface area contributed by atoms with Crippen molar-refractivity contribution in [3.8, 4) is 5.75 Å².